The fraction of sp³-hybridized carbons (Fsp3) is 0.333. The summed E-state index contributed by atoms with van der Waals surface area (Å²) in [5, 5.41) is 7.56. The van der Waals surface area contributed by atoms with Gasteiger partial charge in [-0.2, -0.15) is 26.3 Å². The summed E-state index contributed by atoms with van der Waals surface area (Å²) in [6.07, 6.45) is -9.90. The first-order valence-electron chi connectivity index (χ1n) is 9.69. The minimum absolute atomic E-state index is 0. The number of rotatable bonds is 7. The molecule has 0 aliphatic carbocycles. The van der Waals surface area contributed by atoms with E-state index in [9.17, 15) is 35.9 Å². The Morgan fingerprint density at radius 3 is 2.12 bits per heavy atom. The van der Waals surface area contributed by atoms with E-state index in [2.05, 4.69) is 16.0 Å². The fourth-order valence-electron chi connectivity index (χ4n) is 3.24. The smallest absolute Gasteiger partial charge is 0.416 e. The van der Waals surface area contributed by atoms with Crippen LogP contribution in [0.3, 0.4) is 0 Å². The standard InChI is InChI=1S/C21H19F6N3O3.ClH/c1-11(28-9-16-18(31)30-19(32)29-16)15-4-2-3-5-17(15)33-10-12-6-13(20(22,23)24)8-14(7-12)21(25,26)27;/h2-8,11,16,28H,9-10H2,1H3,(H2,29,30,31,32);1H/t11?,16-;/m0./s1. The van der Waals surface area contributed by atoms with Crippen molar-refractivity contribution in [1.29, 1.82) is 0 Å². The number of hydrogen-bond acceptors (Lipinski definition) is 4. The van der Waals surface area contributed by atoms with Crippen LogP contribution in [0.5, 0.6) is 5.75 Å². The molecule has 1 aliphatic heterocycles. The van der Waals surface area contributed by atoms with Crippen LogP contribution in [-0.2, 0) is 23.8 Å². The van der Waals surface area contributed by atoms with Gasteiger partial charge in [-0.3, -0.25) is 10.1 Å². The SMILES string of the molecule is CC(NC[C@@H]1NC(=O)NC1=O)c1ccccc1OCc1cc(C(F)(F)F)cc(C(F)(F)F)c1.Cl. The van der Waals surface area contributed by atoms with Crippen LogP contribution in [0, 0.1) is 0 Å². The summed E-state index contributed by atoms with van der Waals surface area (Å²) in [6, 6.07) is 5.94. The molecule has 0 aromatic heterocycles. The van der Waals surface area contributed by atoms with Gasteiger partial charge in [0.15, 0.2) is 0 Å². The molecule has 186 valence electrons. The number of amides is 3. The highest BCUT2D eigenvalue weighted by Gasteiger charge is 2.37. The van der Waals surface area contributed by atoms with Crippen LogP contribution < -0.4 is 20.7 Å². The minimum atomic E-state index is -4.95. The summed E-state index contributed by atoms with van der Waals surface area (Å²) in [5.74, 6) is -0.252. The Morgan fingerprint density at radius 1 is 1.00 bits per heavy atom. The summed E-state index contributed by atoms with van der Waals surface area (Å²) in [6.45, 7) is 1.29. The molecule has 1 heterocycles. The first-order valence-corrected chi connectivity index (χ1v) is 9.69. The third kappa shape index (κ3) is 6.76. The van der Waals surface area contributed by atoms with E-state index in [0.717, 1.165) is 0 Å². The third-order valence-corrected chi connectivity index (χ3v) is 4.91. The van der Waals surface area contributed by atoms with Crippen LogP contribution in [0.4, 0.5) is 31.1 Å². The quantitative estimate of drug-likeness (QED) is 0.375. The summed E-state index contributed by atoms with van der Waals surface area (Å²) >= 11 is 0. The lowest BCUT2D eigenvalue weighted by molar-refractivity contribution is -0.143. The number of benzene rings is 2. The van der Waals surface area contributed by atoms with Gasteiger partial charge in [-0.05, 0) is 36.8 Å². The van der Waals surface area contributed by atoms with Crippen molar-refractivity contribution in [2.24, 2.45) is 0 Å². The topological polar surface area (TPSA) is 79.5 Å². The van der Waals surface area contributed by atoms with Crippen molar-refractivity contribution in [2.75, 3.05) is 6.54 Å². The maximum absolute atomic E-state index is 13.1. The molecule has 13 heteroatoms. The molecule has 3 rings (SSSR count). The Morgan fingerprint density at radius 2 is 1.59 bits per heavy atom. The van der Waals surface area contributed by atoms with Gasteiger partial charge >= 0.3 is 18.4 Å². The molecule has 34 heavy (non-hydrogen) atoms. The summed E-state index contributed by atoms with van der Waals surface area (Å²) < 4.78 is 83.9. The Labute approximate surface area is 196 Å². The number of carbonyl (C=O) groups excluding carboxylic acids is 2. The molecule has 3 amide bonds. The lowest BCUT2D eigenvalue weighted by atomic mass is 10.0. The highest BCUT2D eigenvalue weighted by Crippen LogP contribution is 2.36. The van der Waals surface area contributed by atoms with Gasteiger partial charge in [0, 0.05) is 18.2 Å². The van der Waals surface area contributed by atoms with Crippen LogP contribution in [0.1, 0.15) is 35.2 Å². The number of imide groups is 1. The van der Waals surface area contributed by atoms with Crippen molar-refractivity contribution in [3.63, 3.8) is 0 Å². The molecule has 2 aromatic carbocycles. The Balaban J connectivity index is 0.00000408. The van der Waals surface area contributed by atoms with Gasteiger partial charge in [-0.15, -0.1) is 12.4 Å². The summed E-state index contributed by atoms with van der Waals surface area (Å²) in [7, 11) is 0. The first kappa shape index (κ1) is 27.3. The van der Waals surface area contributed by atoms with Crippen molar-refractivity contribution in [1.82, 2.24) is 16.0 Å². The molecule has 2 atom stereocenters. The zero-order chi connectivity index (χ0) is 24.4. The second kappa shape index (κ2) is 10.5. The van der Waals surface area contributed by atoms with Gasteiger partial charge < -0.3 is 15.4 Å². The molecule has 3 N–H and O–H groups in total. The number of nitrogens with one attached hydrogen (secondary N) is 3. The summed E-state index contributed by atoms with van der Waals surface area (Å²) in [5.41, 5.74) is -2.57. The third-order valence-electron chi connectivity index (χ3n) is 4.91. The highest BCUT2D eigenvalue weighted by atomic mass is 35.5. The maximum atomic E-state index is 13.1. The number of para-hydroxylation sites is 1. The van der Waals surface area contributed by atoms with E-state index < -0.39 is 54.1 Å². The van der Waals surface area contributed by atoms with Crippen LogP contribution >= 0.6 is 12.4 Å². The zero-order valence-corrected chi connectivity index (χ0v) is 18.3. The lowest BCUT2D eigenvalue weighted by Crippen LogP contribution is -2.40. The van der Waals surface area contributed by atoms with Crippen molar-refractivity contribution >= 4 is 24.3 Å². The second-order valence-corrected chi connectivity index (χ2v) is 7.39. The van der Waals surface area contributed by atoms with Gasteiger partial charge in [0.1, 0.15) is 18.4 Å². The molecule has 0 bridgehead atoms. The predicted molar refractivity (Wildman–Crippen MR) is 111 cm³/mol. The molecular formula is C21H20ClF6N3O3. The lowest BCUT2D eigenvalue weighted by Gasteiger charge is -2.20. The van der Waals surface area contributed by atoms with Gasteiger partial charge in [0.05, 0.1) is 11.1 Å². The normalized spacial score (nSPS) is 17.0. The largest absolute Gasteiger partial charge is 0.489 e. The first-order chi connectivity index (χ1) is 15.3. The van der Waals surface area contributed by atoms with Crippen molar-refractivity contribution in [3.8, 4) is 5.75 Å². The molecule has 1 unspecified atom stereocenters. The molecule has 0 spiro atoms. The predicted octanol–water partition coefficient (Wildman–Crippen LogP) is 4.58. The summed E-state index contributed by atoms with van der Waals surface area (Å²) in [4.78, 5) is 22.8. The van der Waals surface area contributed by atoms with Crippen LogP contribution in [0.2, 0.25) is 0 Å². The van der Waals surface area contributed by atoms with Crippen molar-refractivity contribution in [3.05, 3.63) is 64.7 Å². The van der Waals surface area contributed by atoms with Crippen LogP contribution in [-0.4, -0.2) is 24.5 Å². The number of hydrogen-bond donors (Lipinski definition) is 3. The van der Waals surface area contributed by atoms with Crippen LogP contribution in [0.25, 0.3) is 0 Å². The molecule has 0 saturated carbocycles. The number of alkyl halides is 6. The number of carbonyl (C=O) groups is 2. The van der Waals surface area contributed by atoms with Gasteiger partial charge in [0.25, 0.3) is 5.91 Å². The van der Waals surface area contributed by atoms with E-state index in [-0.39, 0.29) is 36.3 Å². The van der Waals surface area contributed by atoms with E-state index in [1.54, 1.807) is 25.1 Å². The zero-order valence-electron chi connectivity index (χ0n) is 17.5. The number of urea groups is 1. The van der Waals surface area contributed by atoms with E-state index >= 15 is 0 Å². The van der Waals surface area contributed by atoms with E-state index in [1.165, 1.54) is 6.07 Å². The Bertz CT molecular complexity index is 1010. The Hall–Kier alpha value is -2.99. The number of halogens is 7. The van der Waals surface area contributed by atoms with Gasteiger partial charge in [-0.1, -0.05) is 18.2 Å². The fourth-order valence-corrected chi connectivity index (χ4v) is 3.24. The molecule has 1 aliphatic rings. The second-order valence-electron chi connectivity index (χ2n) is 7.39. The molecule has 2 aromatic rings. The molecule has 0 radical (unpaired) electrons. The van der Waals surface area contributed by atoms with Crippen molar-refractivity contribution < 1.29 is 40.7 Å². The highest BCUT2D eigenvalue weighted by molar-refractivity contribution is 6.04. The molecular weight excluding hydrogens is 492 g/mol. The molecule has 1 saturated heterocycles. The van der Waals surface area contributed by atoms with Gasteiger partial charge in [0.2, 0.25) is 0 Å². The monoisotopic (exact) mass is 511 g/mol. The average molecular weight is 512 g/mol. The molecule has 6 nitrogen and oxygen atoms in total. The van der Waals surface area contributed by atoms with E-state index in [1.807, 2.05) is 0 Å². The van der Waals surface area contributed by atoms with E-state index in [4.69, 9.17) is 4.74 Å². The Kier molecular flexibility index (Phi) is 8.43. The molecule has 1 fully saturated rings. The minimum Gasteiger partial charge on any atom is -0.489 e. The number of ether oxygens (including phenoxy) is 1. The maximum Gasteiger partial charge on any atom is 0.416 e. The van der Waals surface area contributed by atoms with Crippen molar-refractivity contribution in [2.45, 2.75) is 38.0 Å². The van der Waals surface area contributed by atoms with Gasteiger partial charge in [-0.25, -0.2) is 4.79 Å². The average Bonchev–Trinajstić information content (AvgIpc) is 3.06. The van der Waals surface area contributed by atoms with E-state index in [0.29, 0.717) is 17.7 Å². The van der Waals surface area contributed by atoms with Crippen LogP contribution in [0.15, 0.2) is 42.5 Å².